The van der Waals surface area contributed by atoms with E-state index in [1.807, 2.05) is 0 Å². The zero-order valence-electron chi connectivity index (χ0n) is 14.8. The number of amides is 1. The van der Waals surface area contributed by atoms with Crippen molar-refractivity contribution >= 4 is 28.8 Å². The number of fused-ring (bicyclic) bond motifs is 1. The number of carbonyl (C=O) groups excluding carboxylic acids is 1. The molecule has 0 saturated carbocycles. The van der Waals surface area contributed by atoms with Crippen LogP contribution in [0, 0.1) is 12.7 Å². The Kier molecular flexibility index (Phi) is 4.47. The predicted molar refractivity (Wildman–Crippen MR) is 101 cm³/mol. The van der Waals surface area contributed by atoms with E-state index >= 15 is 0 Å². The molecule has 3 N–H and O–H groups in total. The minimum atomic E-state index is -0.420. The molecule has 0 spiro atoms. The topological polar surface area (TPSA) is 102 Å². The number of thioether (sulfide) groups is 1. The first kappa shape index (κ1) is 17.7. The fraction of sp³-hybridized carbons (Fsp3) is 0.333. The van der Waals surface area contributed by atoms with Gasteiger partial charge < -0.3 is 15.8 Å². The van der Waals surface area contributed by atoms with Crippen molar-refractivity contribution in [2.75, 3.05) is 18.6 Å². The summed E-state index contributed by atoms with van der Waals surface area (Å²) in [6.45, 7) is 1.72. The average molecular weight is 387 g/mol. The van der Waals surface area contributed by atoms with Crippen LogP contribution in [0.1, 0.15) is 45.0 Å². The van der Waals surface area contributed by atoms with Gasteiger partial charge in [0.1, 0.15) is 5.82 Å². The number of nitrogens with one attached hydrogen (secondary N) is 1. The van der Waals surface area contributed by atoms with Gasteiger partial charge in [-0.25, -0.2) is 19.4 Å². The summed E-state index contributed by atoms with van der Waals surface area (Å²) in [7, 11) is 1.57. The van der Waals surface area contributed by atoms with Gasteiger partial charge in [-0.1, -0.05) is 17.8 Å². The summed E-state index contributed by atoms with van der Waals surface area (Å²) in [4.78, 5) is 25.5. The number of nitrogen functional groups attached to an aromatic ring is 1. The Morgan fingerprint density at radius 2 is 2.15 bits per heavy atom. The Bertz CT molecular complexity index is 965. The molecule has 0 radical (unpaired) electrons. The van der Waals surface area contributed by atoms with Gasteiger partial charge in [-0.05, 0) is 30.2 Å². The number of nitrogens with two attached hydrogens (primary N) is 1. The van der Waals surface area contributed by atoms with Gasteiger partial charge >= 0.3 is 0 Å². The lowest BCUT2D eigenvalue weighted by atomic mass is 9.89. The van der Waals surface area contributed by atoms with Gasteiger partial charge in [0, 0.05) is 12.2 Å². The number of benzene rings is 1. The van der Waals surface area contributed by atoms with Gasteiger partial charge in [-0.15, -0.1) is 0 Å². The van der Waals surface area contributed by atoms with Crippen LogP contribution in [0.4, 0.5) is 10.3 Å². The smallest absolute Gasteiger partial charge is 0.255 e. The Morgan fingerprint density at radius 3 is 2.89 bits per heavy atom. The molecule has 2 atom stereocenters. The van der Waals surface area contributed by atoms with Crippen molar-refractivity contribution in [2.45, 2.75) is 25.4 Å². The number of aryl methyl sites for hydroxylation is 1. The second-order valence-corrected chi connectivity index (χ2v) is 7.39. The lowest BCUT2D eigenvalue weighted by molar-refractivity contribution is 0.0922. The Balaban J connectivity index is 1.75. The van der Waals surface area contributed by atoms with Crippen molar-refractivity contribution in [1.82, 2.24) is 15.3 Å². The number of nitrogens with zero attached hydrogens (tertiary/aromatic N) is 3. The molecule has 2 aliphatic heterocycles. The van der Waals surface area contributed by atoms with E-state index < -0.39 is 6.04 Å². The number of aromatic nitrogens is 2. The largest absolute Gasteiger partial charge is 0.476 e. The zero-order chi connectivity index (χ0) is 19.1. The van der Waals surface area contributed by atoms with E-state index in [-0.39, 0.29) is 23.7 Å². The summed E-state index contributed by atoms with van der Waals surface area (Å²) in [5.74, 6) is 0.179. The van der Waals surface area contributed by atoms with Crippen LogP contribution in [0.15, 0.2) is 23.2 Å². The van der Waals surface area contributed by atoms with E-state index in [9.17, 15) is 9.18 Å². The van der Waals surface area contributed by atoms with Crippen LogP contribution in [0.3, 0.4) is 0 Å². The maximum absolute atomic E-state index is 14.0. The molecule has 0 bridgehead atoms. The maximum Gasteiger partial charge on any atom is 0.255 e. The number of methoxy groups -OCH3 is 1. The summed E-state index contributed by atoms with van der Waals surface area (Å²) in [6, 6.07) is 4.01. The Hall–Kier alpha value is -2.68. The normalized spacial score (nSPS) is 21.4. The fourth-order valence-corrected chi connectivity index (χ4v) is 4.41. The number of hydrogen-bond donors (Lipinski definition) is 2. The summed E-state index contributed by atoms with van der Waals surface area (Å²) in [6.07, 6.45) is 0.409. The molecule has 9 heteroatoms. The van der Waals surface area contributed by atoms with Gasteiger partial charge in [0.05, 0.1) is 36.1 Å². The number of anilines is 1. The van der Waals surface area contributed by atoms with E-state index in [0.717, 1.165) is 5.56 Å². The monoisotopic (exact) mass is 387 g/mol. The van der Waals surface area contributed by atoms with Gasteiger partial charge in [0.2, 0.25) is 11.2 Å². The Labute approximate surface area is 159 Å². The first-order valence-electron chi connectivity index (χ1n) is 8.44. The predicted octanol–water partition coefficient (Wildman–Crippen LogP) is 2.32. The molecule has 7 nitrogen and oxygen atoms in total. The van der Waals surface area contributed by atoms with Crippen LogP contribution >= 0.6 is 11.8 Å². The molecule has 0 saturated heterocycles. The van der Waals surface area contributed by atoms with Crippen molar-refractivity contribution in [3.63, 3.8) is 0 Å². The number of carbonyl (C=O) groups is 1. The van der Waals surface area contributed by atoms with Crippen LogP contribution in [-0.4, -0.2) is 34.0 Å². The van der Waals surface area contributed by atoms with Crippen LogP contribution in [-0.2, 0) is 11.2 Å². The van der Waals surface area contributed by atoms with Crippen LogP contribution < -0.4 is 11.1 Å². The number of ether oxygens (including phenoxy) is 1. The van der Waals surface area contributed by atoms with E-state index in [1.54, 1.807) is 20.1 Å². The number of rotatable bonds is 2. The standard InChI is InChI=1S/C18H18FN5O2S/c1-8-15-13(23-17(20)21-8)6-12(22-16(15)25)11-5-9(19)3-4-10(11)14-7-27-18(24-14)26-2/h3-5,12,14H,6-7H2,1-2H3,(H,22,25)(H2,20,21,23)/t12-,14?/m1/s1. The SMILES string of the molecule is COC1=NC(c2ccc(F)cc2[C@H]2Cc3nc(N)nc(C)c3C(=O)N2)CS1. The number of halogens is 1. The van der Waals surface area contributed by atoms with Gasteiger partial charge in [-0.2, -0.15) is 0 Å². The van der Waals surface area contributed by atoms with Crippen molar-refractivity contribution in [3.05, 3.63) is 52.1 Å². The molecule has 0 fully saturated rings. The maximum atomic E-state index is 14.0. The third-order valence-electron chi connectivity index (χ3n) is 4.70. The molecule has 1 unspecified atom stereocenters. The van der Waals surface area contributed by atoms with Crippen LogP contribution in [0.5, 0.6) is 0 Å². The minimum absolute atomic E-state index is 0.126. The number of aliphatic imine (C=N–C) groups is 1. The van der Waals surface area contributed by atoms with Crippen LogP contribution in [0.2, 0.25) is 0 Å². The van der Waals surface area contributed by atoms with Crippen LogP contribution in [0.25, 0.3) is 0 Å². The van der Waals surface area contributed by atoms with E-state index in [0.29, 0.717) is 39.9 Å². The highest BCUT2D eigenvalue weighted by Gasteiger charge is 2.32. The molecule has 3 heterocycles. The second-order valence-electron chi connectivity index (χ2n) is 6.42. The van der Waals surface area contributed by atoms with Gasteiger partial charge in [0.25, 0.3) is 5.91 Å². The molecule has 1 aromatic heterocycles. The van der Waals surface area contributed by atoms with Crippen molar-refractivity contribution < 1.29 is 13.9 Å². The molecule has 1 aromatic carbocycles. The van der Waals surface area contributed by atoms with Gasteiger partial charge in [-0.3, -0.25) is 4.79 Å². The van der Waals surface area contributed by atoms with Gasteiger partial charge in [0.15, 0.2) is 0 Å². The molecule has 2 aromatic rings. The summed E-state index contributed by atoms with van der Waals surface area (Å²) < 4.78 is 19.2. The highest BCUT2D eigenvalue weighted by atomic mass is 32.2. The van der Waals surface area contributed by atoms with E-state index in [4.69, 9.17) is 10.5 Å². The number of hydrogen-bond acceptors (Lipinski definition) is 7. The van der Waals surface area contributed by atoms with E-state index in [1.165, 1.54) is 23.9 Å². The summed E-state index contributed by atoms with van der Waals surface area (Å²) in [5, 5.41) is 3.55. The highest BCUT2D eigenvalue weighted by Crippen LogP contribution is 2.37. The van der Waals surface area contributed by atoms with Crippen molar-refractivity contribution in [1.29, 1.82) is 0 Å². The van der Waals surface area contributed by atoms with Crippen molar-refractivity contribution in [3.8, 4) is 0 Å². The summed E-state index contributed by atoms with van der Waals surface area (Å²) >= 11 is 1.51. The molecular formula is C18H18FN5O2S. The first-order valence-corrected chi connectivity index (χ1v) is 9.42. The molecular weight excluding hydrogens is 369 g/mol. The molecule has 4 rings (SSSR count). The third-order valence-corrected chi connectivity index (χ3v) is 5.70. The fourth-order valence-electron chi connectivity index (χ4n) is 3.54. The zero-order valence-corrected chi connectivity index (χ0v) is 15.6. The molecule has 2 aliphatic rings. The third kappa shape index (κ3) is 3.23. The second kappa shape index (κ2) is 6.80. The van der Waals surface area contributed by atoms with E-state index in [2.05, 4.69) is 20.3 Å². The molecule has 140 valence electrons. The molecule has 1 amide bonds. The van der Waals surface area contributed by atoms with Crippen molar-refractivity contribution in [2.24, 2.45) is 4.99 Å². The lowest BCUT2D eigenvalue weighted by Gasteiger charge is -2.28. The molecule has 27 heavy (non-hydrogen) atoms. The minimum Gasteiger partial charge on any atom is -0.476 e. The highest BCUT2D eigenvalue weighted by molar-refractivity contribution is 8.13. The summed E-state index contributed by atoms with van der Waals surface area (Å²) in [5.41, 5.74) is 8.85. The molecule has 0 aliphatic carbocycles. The Morgan fingerprint density at radius 1 is 1.33 bits per heavy atom. The lowest BCUT2D eigenvalue weighted by Crippen LogP contribution is -2.37. The first-order chi connectivity index (χ1) is 13.0. The average Bonchev–Trinajstić information content (AvgIpc) is 3.09. The quantitative estimate of drug-likeness (QED) is 0.820.